The number of ether oxygens (including phenoxy) is 2. The maximum absolute atomic E-state index is 11.2. The average Bonchev–Trinajstić information content (AvgIpc) is 3.03. The largest absolute Gasteiger partial charge is 0.460 e. The molecule has 132 valence electrons. The molecular formula is C14H20N4O5S. The molecule has 9 nitrogen and oxygen atoms in total. The monoisotopic (exact) mass is 356 g/mol. The summed E-state index contributed by atoms with van der Waals surface area (Å²) < 4.78 is 11.2. The van der Waals surface area contributed by atoms with Crippen molar-refractivity contribution >= 4 is 29.5 Å². The molecule has 0 amide bonds. The van der Waals surface area contributed by atoms with Gasteiger partial charge < -0.3 is 25.4 Å². The highest BCUT2D eigenvalue weighted by Gasteiger charge is 2.47. The number of fused-ring (bicyclic) bond motifs is 1. The minimum absolute atomic E-state index is 0.0730. The van der Waals surface area contributed by atoms with Crippen molar-refractivity contribution in [3.8, 4) is 0 Å². The Morgan fingerprint density at radius 1 is 1.62 bits per heavy atom. The van der Waals surface area contributed by atoms with E-state index in [1.165, 1.54) is 18.0 Å². The fourth-order valence-corrected chi connectivity index (χ4v) is 3.90. The zero-order chi connectivity index (χ0) is 17.4. The molecule has 1 aromatic heterocycles. The molecule has 2 aliphatic rings. The Kier molecular flexibility index (Phi) is 4.81. The highest BCUT2D eigenvalue weighted by molar-refractivity contribution is 8.00. The van der Waals surface area contributed by atoms with Crippen molar-refractivity contribution in [2.45, 2.75) is 61.7 Å². The number of carbonyl (C=O) groups is 1. The molecule has 0 saturated carbocycles. The van der Waals surface area contributed by atoms with Crippen LogP contribution in [-0.4, -0.2) is 56.3 Å². The van der Waals surface area contributed by atoms with Crippen molar-refractivity contribution in [1.82, 2.24) is 9.97 Å². The third-order valence-corrected chi connectivity index (χ3v) is 4.98. The number of esters is 1. The smallest absolute Gasteiger partial charge is 0.302 e. The zero-order valence-corrected chi connectivity index (χ0v) is 14.1. The molecule has 0 radical (unpaired) electrons. The quantitative estimate of drug-likeness (QED) is 0.637. The second kappa shape index (κ2) is 6.71. The average molecular weight is 356 g/mol. The van der Waals surface area contributed by atoms with Crippen LogP contribution in [0.15, 0.2) is 11.1 Å². The number of rotatable bonds is 4. The van der Waals surface area contributed by atoms with Gasteiger partial charge in [-0.05, 0) is 6.42 Å². The lowest BCUT2D eigenvalue weighted by Gasteiger charge is -2.30. The van der Waals surface area contributed by atoms with Gasteiger partial charge in [0.05, 0.1) is 11.0 Å². The summed E-state index contributed by atoms with van der Waals surface area (Å²) in [7, 11) is 0. The van der Waals surface area contributed by atoms with E-state index in [0.29, 0.717) is 23.6 Å². The van der Waals surface area contributed by atoms with Gasteiger partial charge in [-0.2, -0.15) is 4.98 Å². The van der Waals surface area contributed by atoms with Gasteiger partial charge in [0.25, 0.3) is 0 Å². The zero-order valence-electron chi connectivity index (χ0n) is 13.3. The lowest BCUT2D eigenvalue weighted by molar-refractivity contribution is -0.155. The van der Waals surface area contributed by atoms with Crippen molar-refractivity contribution < 1.29 is 24.5 Å². The summed E-state index contributed by atoms with van der Waals surface area (Å²) in [6.07, 6.45) is -0.205. The number of nitrogens with two attached hydrogens (primary N) is 1. The molecule has 3 heterocycles. The van der Waals surface area contributed by atoms with E-state index in [9.17, 15) is 15.0 Å². The highest BCUT2D eigenvalue weighted by Crippen LogP contribution is 2.44. The first-order chi connectivity index (χ1) is 11.4. The van der Waals surface area contributed by atoms with Crippen molar-refractivity contribution in [2.75, 3.05) is 10.6 Å². The second-order valence-electron chi connectivity index (χ2n) is 5.69. The Bertz CT molecular complexity index is 633. The molecule has 1 saturated heterocycles. The minimum Gasteiger partial charge on any atom is -0.460 e. The summed E-state index contributed by atoms with van der Waals surface area (Å²) >= 11 is 1.15. The molecule has 4 N–H and O–H groups in total. The lowest BCUT2D eigenvalue weighted by Crippen LogP contribution is -2.45. The van der Waals surface area contributed by atoms with Gasteiger partial charge in [-0.15, -0.1) is 0 Å². The van der Waals surface area contributed by atoms with Crippen LogP contribution in [0.3, 0.4) is 0 Å². The summed E-state index contributed by atoms with van der Waals surface area (Å²) in [6.45, 7) is 3.21. The third-order valence-electron chi connectivity index (χ3n) is 4.00. The summed E-state index contributed by atoms with van der Waals surface area (Å²) in [6, 6.07) is 0. The number of aliphatic hydroxyl groups is 2. The van der Waals surface area contributed by atoms with E-state index in [0.717, 1.165) is 11.8 Å². The molecular weight excluding hydrogens is 336 g/mol. The van der Waals surface area contributed by atoms with Crippen molar-refractivity contribution in [3.63, 3.8) is 0 Å². The molecule has 0 aliphatic carbocycles. The summed E-state index contributed by atoms with van der Waals surface area (Å²) in [5.41, 5.74) is 4.65. The van der Waals surface area contributed by atoms with Crippen LogP contribution in [0, 0.1) is 0 Å². The Hall–Kier alpha value is -1.62. The van der Waals surface area contributed by atoms with Crippen molar-refractivity contribution in [1.29, 1.82) is 0 Å². The normalized spacial score (nSPS) is 30.2. The van der Waals surface area contributed by atoms with Gasteiger partial charge in [0, 0.05) is 19.5 Å². The number of hydrogen-bond donors (Lipinski definition) is 3. The first-order valence-corrected chi connectivity index (χ1v) is 8.55. The van der Waals surface area contributed by atoms with E-state index in [2.05, 4.69) is 9.97 Å². The first kappa shape index (κ1) is 17.2. The predicted molar refractivity (Wildman–Crippen MR) is 85.9 cm³/mol. The van der Waals surface area contributed by atoms with Gasteiger partial charge in [-0.3, -0.25) is 9.69 Å². The number of hydrogen-bond acceptors (Lipinski definition) is 10. The maximum atomic E-state index is 11.2. The Morgan fingerprint density at radius 2 is 2.38 bits per heavy atom. The molecule has 5 atom stereocenters. The predicted octanol–water partition coefficient (Wildman–Crippen LogP) is 0.0644. The second-order valence-corrected chi connectivity index (χ2v) is 6.79. The van der Waals surface area contributed by atoms with Crippen LogP contribution in [-0.2, 0) is 14.3 Å². The Morgan fingerprint density at radius 3 is 3.04 bits per heavy atom. The number of aromatic nitrogens is 2. The van der Waals surface area contributed by atoms with Crippen LogP contribution in [0.2, 0.25) is 0 Å². The molecule has 3 rings (SSSR count). The van der Waals surface area contributed by atoms with Crippen LogP contribution in [0.5, 0.6) is 0 Å². The van der Waals surface area contributed by atoms with Gasteiger partial charge in [0.1, 0.15) is 12.2 Å². The molecule has 24 heavy (non-hydrogen) atoms. The van der Waals surface area contributed by atoms with Crippen molar-refractivity contribution in [2.24, 2.45) is 0 Å². The SMILES string of the molecule is CC[C@H](OC(C)=O)[C@@H]1C[C@@H](O)[C@H](N2c3nc(N)ncc3SC2O)O1. The molecule has 2 aliphatic heterocycles. The summed E-state index contributed by atoms with van der Waals surface area (Å²) in [5.74, 6) is 0.0973. The van der Waals surface area contributed by atoms with Crippen LogP contribution >= 0.6 is 11.8 Å². The Balaban J connectivity index is 1.81. The topological polar surface area (TPSA) is 131 Å². The number of thioether (sulfide) groups is 1. The van der Waals surface area contributed by atoms with E-state index in [1.54, 1.807) is 0 Å². The number of nitrogens with zero attached hydrogens (tertiary/aromatic N) is 3. The lowest BCUT2D eigenvalue weighted by atomic mass is 10.1. The van der Waals surface area contributed by atoms with Gasteiger partial charge in [-0.25, -0.2) is 4.98 Å². The fraction of sp³-hybridized carbons (Fsp3) is 0.643. The summed E-state index contributed by atoms with van der Waals surface area (Å²) in [5, 5.41) is 20.7. The first-order valence-electron chi connectivity index (χ1n) is 7.67. The molecule has 0 aromatic carbocycles. The van der Waals surface area contributed by atoms with Crippen LogP contribution < -0.4 is 10.6 Å². The Labute approximate surface area is 143 Å². The van der Waals surface area contributed by atoms with E-state index in [4.69, 9.17) is 15.2 Å². The third kappa shape index (κ3) is 3.14. The summed E-state index contributed by atoms with van der Waals surface area (Å²) in [4.78, 5) is 21.4. The van der Waals surface area contributed by atoms with E-state index >= 15 is 0 Å². The highest BCUT2D eigenvalue weighted by atomic mass is 32.2. The molecule has 10 heteroatoms. The molecule has 0 bridgehead atoms. The van der Waals surface area contributed by atoms with Gasteiger partial charge in [0.2, 0.25) is 5.95 Å². The number of nitrogen functional groups attached to an aromatic ring is 1. The van der Waals surface area contributed by atoms with Crippen molar-refractivity contribution in [3.05, 3.63) is 6.20 Å². The molecule has 1 unspecified atom stereocenters. The maximum Gasteiger partial charge on any atom is 0.302 e. The molecule has 0 spiro atoms. The number of aliphatic hydroxyl groups excluding tert-OH is 2. The molecule has 1 fully saturated rings. The number of anilines is 2. The van der Waals surface area contributed by atoms with Crippen LogP contribution in [0.4, 0.5) is 11.8 Å². The van der Waals surface area contributed by atoms with E-state index < -0.39 is 36.1 Å². The van der Waals surface area contributed by atoms with E-state index in [-0.39, 0.29) is 5.95 Å². The van der Waals surface area contributed by atoms with Crippen LogP contribution in [0.1, 0.15) is 26.7 Å². The standard InChI is InChI=1S/C14H20N4O5S/c1-3-8(22-6(2)19)9-4-7(20)12(23-9)18-11-10(24-14(18)21)5-16-13(15)17-11/h5,7-9,12,14,20-21H,3-4H2,1-2H3,(H2,15,16,17)/t7-,8+,9+,12-,14?/m1/s1. The minimum atomic E-state index is -0.969. The van der Waals surface area contributed by atoms with Gasteiger partial charge >= 0.3 is 5.97 Å². The van der Waals surface area contributed by atoms with Gasteiger partial charge in [-0.1, -0.05) is 18.7 Å². The number of carbonyl (C=O) groups excluding carboxylic acids is 1. The van der Waals surface area contributed by atoms with Gasteiger partial charge in [0.15, 0.2) is 17.6 Å². The fourth-order valence-electron chi connectivity index (χ4n) is 2.97. The van der Waals surface area contributed by atoms with Crippen LogP contribution in [0.25, 0.3) is 0 Å². The molecule has 1 aromatic rings. The van der Waals surface area contributed by atoms with E-state index in [1.807, 2.05) is 6.92 Å².